The van der Waals surface area contributed by atoms with Crippen LogP contribution in [0.15, 0.2) is 91.1 Å². The summed E-state index contributed by atoms with van der Waals surface area (Å²) in [6.45, 7) is 4.28. The van der Waals surface area contributed by atoms with E-state index in [-0.39, 0.29) is 5.91 Å². The Morgan fingerprint density at radius 1 is 1.00 bits per heavy atom. The lowest BCUT2D eigenvalue weighted by Gasteiger charge is -2.30. The van der Waals surface area contributed by atoms with Crippen molar-refractivity contribution in [2.24, 2.45) is 5.41 Å². The predicted molar refractivity (Wildman–Crippen MR) is 130 cm³/mol. The summed E-state index contributed by atoms with van der Waals surface area (Å²) >= 11 is 0. The van der Waals surface area contributed by atoms with Gasteiger partial charge in [-0.2, -0.15) is 0 Å². The van der Waals surface area contributed by atoms with Crippen molar-refractivity contribution in [3.63, 3.8) is 0 Å². The van der Waals surface area contributed by atoms with Gasteiger partial charge >= 0.3 is 0 Å². The van der Waals surface area contributed by atoms with E-state index in [9.17, 15) is 9.90 Å². The van der Waals surface area contributed by atoms with E-state index in [1.165, 1.54) is 0 Å². The van der Waals surface area contributed by atoms with Gasteiger partial charge in [0.05, 0.1) is 17.0 Å². The van der Waals surface area contributed by atoms with Gasteiger partial charge in [0.15, 0.2) is 0 Å². The molecule has 1 heterocycles. The van der Waals surface area contributed by atoms with Crippen LogP contribution in [0.2, 0.25) is 0 Å². The van der Waals surface area contributed by atoms with Crippen LogP contribution in [0.4, 0.5) is 0 Å². The average molecular weight is 441 g/mol. The van der Waals surface area contributed by atoms with Crippen molar-refractivity contribution >= 4 is 16.8 Å². The maximum atomic E-state index is 13.1. The third-order valence-electron chi connectivity index (χ3n) is 5.87. The van der Waals surface area contributed by atoms with Crippen LogP contribution in [0, 0.1) is 5.41 Å². The van der Waals surface area contributed by atoms with Gasteiger partial charge in [0.2, 0.25) is 5.91 Å². The average Bonchev–Trinajstić information content (AvgIpc) is 2.86. The highest BCUT2D eigenvalue weighted by atomic mass is 16.5. The van der Waals surface area contributed by atoms with E-state index in [4.69, 9.17) is 4.74 Å². The first-order valence-electron chi connectivity index (χ1n) is 11.0. The van der Waals surface area contributed by atoms with Crippen LogP contribution in [-0.2, 0) is 17.9 Å². The molecule has 168 valence electrons. The number of pyridine rings is 1. The van der Waals surface area contributed by atoms with E-state index in [1.54, 1.807) is 26.1 Å². The van der Waals surface area contributed by atoms with Gasteiger partial charge in [-0.05, 0) is 54.8 Å². The quantitative estimate of drug-likeness (QED) is 0.396. The smallest absolute Gasteiger partial charge is 0.228 e. The van der Waals surface area contributed by atoms with E-state index in [0.717, 1.165) is 22.0 Å². The van der Waals surface area contributed by atoms with Gasteiger partial charge in [-0.1, -0.05) is 60.7 Å². The molecule has 5 nitrogen and oxygen atoms in total. The molecule has 0 bridgehead atoms. The number of nitrogens with zero attached hydrogens (tertiary/aromatic N) is 1. The summed E-state index contributed by atoms with van der Waals surface area (Å²) in [4.78, 5) is 17.4. The molecule has 0 saturated heterocycles. The van der Waals surface area contributed by atoms with E-state index in [0.29, 0.717) is 24.5 Å². The molecular weight excluding hydrogens is 412 g/mol. The number of carbonyl (C=O) groups excluding carboxylic acids is 1. The molecule has 0 aliphatic heterocycles. The van der Waals surface area contributed by atoms with Crippen molar-refractivity contribution in [3.8, 4) is 5.75 Å². The number of ether oxygens (including phenoxy) is 1. The molecule has 3 aromatic carbocycles. The fraction of sp³-hybridized carbons (Fsp3) is 0.214. The molecule has 2 N–H and O–H groups in total. The molecule has 4 rings (SSSR count). The highest BCUT2D eigenvalue weighted by Gasteiger charge is 2.36. The van der Waals surface area contributed by atoms with E-state index < -0.39 is 11.5 Å². The summed E-state index contributed by atoms with van der Waals surface area (Å²) < 4.78 is 5.88. The topological polar surface area (TPSA) is 71.5 Å². The third kappa shape index (κ3) is 5.21. The highest BCUT2D eigenvalue weighted by molar-refractivity contribution is 5.85. The Morgan fingerprint density at radius 2 is 1.76 bits per heavy atom. The molecule has 0 aliphatic carbocycles. The Kier molecular flexibility index (Phi) is 6.71. The lowest BCUT2D eigenvalue weighted by molar-refractivity contribution is -0.135. The van der Waals surface area contributed by atoms with Crippen molar-refractivity contribution in [2.75, 3.05) is 0 Å². The van der Waals surface area contributed by atoms with E-state index >= 15 is 0 Å². The van der Waals surface area contributed by atoms with Crippen LogP contribution in [0.25, 0.3) is 10.9 Å². The number of hydrogen-bond acceptors (Lipinski definition) is 4. The van der Waals surface area contributed by atoms with E-state index in [1.807, 2.05) is 78.9 Å². The van der Waals surface area contributed by atoms with Gasteiger partial charge < -0.3 is 15.2 Å². The minimum atomic E-state index is -1.04. The van der Waals surface area contributed by atoms with Gasteiger partial charge in [0.25, 0.3) is 0 Å². The molecule has 0 spiro atoms. The monoisotopic (exact) mass is 440 g/mol. The van der Waals surface area contributed by atoms with Crippen LogP contribution in [0.3, 0.4) is 0 Å². The van der Waals surface area contributed by atoms with Crippen molar-refractivity contribution in [3.05, 3.63) is 108 Å². The summed E-state index contributed by atoms with van der Waals surface area (Å²) in [5.74, 6) is 0.418. The second kappa shape index (κ2) is 9.84. The molecule has 0 radical (unpaired) electrons. The molecule has 0 fully saturated rings. The summed E-state index contributed by atoms with van der Waals surface area (Å²) in [5, 5.41) is 15.1. The fourth-order valence-electron chi connectivity index (χ4n) is 3.77. The van der Waals surface area contributed by atoms with Gasteiger partial charge in [-0.15, -0.1) is 0 Å². The number of fused-ring (bicyclic) bond motifs is 1. The molecule has 33 heavy (non-hydrogen) atoms. The number of aliphatic hydroxyl groups is 1. The van der Waals surface area contributed by atoms with Crippen LogP contribution in [-0.4, -0.2) is 16.0 Å². The SMILES string of the molecule is CC(C)(C(=O)NCc1ccnc2ccccc12)C(O)c1cccc(OCc2ccccc2)c1. The Labute approximate surface area is 194 Å². The number of nitrogens with one attached hydrogen (secondary N) is 1. The maximum Gasteiger partial charge on any atom is 0.228 e. The Morgan fingerprint density at radius 3 is 2.58 bits per heavy atom. The number of hydrogen-bond donors (Lipinski definition) is 2. The number of rotatable bonds is 8. The molecular formula is C28H28N2O3. The number of para-hydroxylation sites is 1. The number of amides is 1. The standard InChI is InChI=1S/C28H28N2O3/c1-28(2,27(32)30-18-22-15-16-29-25-14-7-6-13-24(22)25)26(31)21-11-8-12-23(17-21)33-19-20-9-4-3-5-10-20/h3-17,26,31H,18-19H2,1-2H3,(H,30,32). The molecule has 4 aromatic rings. The van der Waals surface area contributed by atoms with Gasteiger partial charge in [0.1, 0.15) is 12.4 Å². The first-order chi connectivity index (χ1) is 15.9. The predicted octanol–water partition coefficient (Wildman–Crippen LogP) is 5.19. The zero-order chi connectivity index (χ0) is 23.3. The Hall–Kier alpha value is -3.70. The number of aromatic nitrogens is 1. The maximum absolute atomic E-state index is 13.1. The van der Waals surface area contributed by atoms with Crippen LogP contribution >= 0.6 is 0 Å². The second-order valence-corrected chi connectivity index (χ2v) is 8.64. The molecule has 1 atom stereocenters. The van der Waals surface area contributed by atoms with Crippen molar-refractivity contribution in [1.29, 1.82) is 0 Å². The molecule has 1 unspecified atom stereocenters. The van der Waals surface area contributed by atoms with Gasteiger partial charge in [-0.3, -0.25) is 9.78 Å². The van der Waals surface area contributed by atoms with Crippen LogP contribution in [0.5, 0.6) is 5.75 Å². The number of carbonyl (C=O) groups is 1. The zero-order valence-electron chi connectivity index (χ0n) is 18.9. The van der Waals surface area contributed by atoms with E-state index in [2.05, 4.69) is 10.3 Å². The Bertz CT molecular complexity index is 1230. The molecule has 5 heteroatoms. The lowest BCUT2D eigenvalue weighted by Crippen LogP contribution is -2.40. The molecule has 1 amide bonds. The zero-order valence-corrected chi connectivity index (χ0v) is 18.9. The largest absolute Gasteiger partial charge is 0.489 e. The minimum Gasteiger partial charge on any atom is -0.489 e. The fourth-order valence-corrected chi connectivity index (χ4v) is 3.77. The van der Waals surface area contributed by atoms with Crippen molar-refractivity contribution in [2.45, 2.75) is 33.1 Å². The number of aliphatic hydroxyl groups excluding tert-OH is 1. The van der Waals surface area contributed by atoms with Gasteiger partial charge in [-0.25, -0.2) is 0 Å². The Balaban J connectivity index is 1.43. The highest BCUT2D eigenvalue weighted by Crippen LogP contribution is 2.35. The van der Waals surface area contributed by atoms with Crippen molar-refractivity contribution < 1.29 is 14.6 Å². The van der Waals surface area contributed by atoms with Crippen molar-refractivity contribution in [1.82, 2.24) is 10.3 Å². The van der Waals surface area contributed by atoms with Crippen LogP contribution in [0.1, 0.15) is 36.6 Å². The summed E-state index contributed by atoms with van der Waals surface area (Å²) in [6.07, 6.45) is 0.747. The normalized spacial score (nSPS) is 12.3. The first-order valence-corrected chi connectivity index (χ1v) is 11.0. The van der Waals surface area contributed by atoms with Gasteiger partial charge in [0, 0.05) is 18.1 Å². The summed E-state index contributed by atoms with van der Waals surface area (Å²) in [6, 6.07) is 26.9. The summed E-state index contributed by atoms with van der Waals surface area (Å²) in [5.41, 5.74) is 2.52. The second-order valence-electron chi connectivity index (χ2n) is 8.64. The van der Waals surface area contributed by atoms with Crippen LogP contribution < -0.4 is 10.1 Å². The number of benzene rings is 3. The minimum absolute atomic E-state index is 0.230. The molecule has 0 saturated carbocycles. The third-order valence-corrected chi connectivity index (χ3v) is 5.87. The lowest BCUT2D eigenvalue weighted by atomic mass is 9.81. The summed E-state index contributed by atoms with van der Waals surface area (Å²) in [7, 11) is 0. The molecule has 1 aromatic heterocycles. The molecule has 0 aliphatic rings. The first kappa shape index (κ1) is 22.5.